The van der Waals surface area contributed by atoms with E-state index >= 15 is 0 Å². The van der Waals surface area contributed by atoms with Crippen LogP contribution in [0.4, 0.5) is 20.6 Å². The fraction of sp³-hybridized carbons (Fsp3) is 0.333. The van der Waals surface area contributed by atoms with Gasteiger partial charge in [-0.3, -0.25) is 4.79 Å². The lowest BCUT2D eigenvalue weighted by Gasteiger charge is -2.36. The lowest BCUT2D eigenvalue weighted by atomic mass is 10.2. The highest BCUT2D eigenvalue weighted by molar-refractivity contribution is 5.96. The van der Waals surface area contributed by atoms with Crippen LogP contribution in [0.5, 0.6) is 0 Å². The van der Waals surface area contributed by atoms with Crippen LogP contribution >= 0.6 is 0 Å². The Hall–Kier alpha value is -3.09. The number of nitrogens with one attached hydrogen (secondary N) is 1. The van der Waals surface area contributed by atoms with Crippen molar-refractivity contribution in [1.82, 2.24) is 10.2 Å². The summed E-state index contributed by atoms with van der Waals surface area (Å²) in [6.45, 7) is 3.25. The van der Waals surface area contributed by atoms with Crippen LogP contribution in [0.2, 0.25) is 0 Å². The Morgan fingerprint density at radius 3 is 2.29 bits per heavy atom. The standard InChI is InChI=1S/C21H23FN4O2/c22-16-6-8-19(9-7-16)26-15-17(14-20(26)27)23-21(28)25-12-10-24(11-13-25)18-4-2-1-3-5-18/h1-9,17H,10-15H2,(H,23,28)/t17-/m1/s1. The quantitative estimate of drug-likeness (QED) is 0.887. The van der Waals surface area contributed by atoms with Crippen molar-refractivity contribution in [2.24, 2.45) is 0 Å². The number of hydrogen-bond donors (Lipinski definition) is 1. The number of amides is 3. The fourth-order valence-corrected chi connectivity index (χ4v) is 3.75. The molecule has 2 aliphatic rings. The molecule has 1 N–H and O–H groups in total. The van der Waals surface area contributed by atoms with Crippen LogP contribution in [0.3, 0.4) is 0 Å². The molecule has 2 aromatic carbocycles. The molecular formula is C21H23FN4O2. The van der Waals surface area contributed by atoms with E-state index in [1.165, 1.54) is 17.8 Å². The van der Waals surface area contributed by atoms with Gasteiger partial charge in [0.1, 0.15) is 5.82 Å². The van der Waals surface area contributed by atoms with Gasteiger partial charge in [-0.2, -0.15) is 0 Å². The summed E-state index contributed by atoms with van der Waals surface area (Å²) in [6.07, 6.45) is 0.257. The molecular weight excluding hydrogens is 359 g/mol. The Kier molecular flexibility index (Phi) is 5.14. The Bertz CT molecular complexity index is 835. The van der Waals surface area contributed by atoms with Gasteiger partial charge >= 0.3 is 6.03 Å². The Labute approximate surface area is 163 Å². The second kappa shape index (κ2) is 7.88. The van der Waals surface area contributed by atoms with E-state index in [1.807, 2.05) is 18.2 Å². The van der Waals surface area contributed by atoms with E-state index in [0.29, 0.717) is 25.3 Å². The average Bonchev–Trinajstić information content (AvgIpc) is 3.09. The highest BCUT2D eigenvalue weighted by atomic mass is 19.1. The highest BCUT2D eigenvalue weighted by Gasteiger charge is 2.33. The molecule has 7 heteroatoms. The van der Waals surface area contributed by atoms with Gasteiger partial charge in [-0.15, -0.1) is 0 Å². The maximum absolute atomic E-state index is 13.1. The molecule has 0 aromatic heterocycles. The fourth-order valence-electron chi connectivity index (χ4n) is 3.75. The Balaban J connectivity index is 1.30. The predicted octanol–water partition coefficient (Wildman–Crippen LogP) is 2.46. The molecule has 28 heavy (non-hydrogen) atoms. The summed E-state index contributed by atoms with van der Waals surface area (Å²) in [6, 6.07) is 15.6. The number of halogens is 1. The number of urea groups is 1. The molecule has 0 bridgehead atoms. The molecule has 2 fully saturated rings. The summed E-state index contributed by atoms with van der Waals surface area (Å²) in [7, 11) is 0. The van der Waals surface area contributed by atoms with Gasteiger partial charge < -0.3 is 20.0 Å². The van der Waals surface area contributed by atoms with Crippen LogP contribution < -0.4 is 15.1 Å². The molecule has 0 spiro atoms. The number of benzene rings is 2. The topological polar surface area (TPSA) is 55.9 Å². The van der Waals surface area contributed by atoms with Crippen LogP contribution in [0.1, 0.15) is 6.42 Å². The SMILES string of the molecule is O=C(N[C@@H]1CC(=O)N(c2ccc(F)cc2)C1)N1CCN(c2ccccc2)CC1. The number of para-hydroxylation sites is 1. The minimum atomic E-state index is -0.338. The zero-order valence-corrected chi connectivity index (χ0v) is 15.6. The number of carbonyl (C=O) groups is 2. The Morgan fingerprint density at radius 1 is 0.929 bits per heavy atom. The van der Waals surface area contributed by atoms with Crippen LogP contribution in [0.15, 0.2) is 54.6 Å². The number of anilines is 2. The minimum Gasteiger partial charge on any atom is -0.368 e. The number of nitrogens with zero attached hydrogens (tertiary/aromatic N) is 3. The van der Waals surface area contributed by atoms with E-state index in [0.717, 1.165) is 13.1 Å². The predicted molar refractivity (Wildman–Crippen MR) is 106 cm³/mol. The van der Waals surface area contributed by atoms with Crippen molar-refractivity contribution < 1.29 is 14.0 Å². The third-order valence-electron chi connectivity index (χ3n) is 5.28. The number of rotatable bonds is 3. The molecule has 2 saturated heterocycles. The summed E-state index contributed by atoms with van der Waals surface area (Å²) in [5, 5.41) is 2.98. The third kappa shape index (κ3) is 3.93. The van der Waals surface area contributed by atoms with E-state index in [9.17, 15) is 14.0 Å². The van der Waals surface area contributed by atoms with Gasteiger partial charge in [-0.25, -0.2) is 9.18 Å². The lowest BCUT2D eigenvalue weighted by Crippen LogP contribution is -2.53. The molecule has 0 aliphatic carbocycles. The van der Waals surface area contributed by atoms with Gasteiger partial charge in [0.25, 0.3) is 0 Å². The van der Waals surface area contributed by atoms with E-state index in [4.69, 9.17) is 0 Å². The molecule has 3 amide bonds. The van der Waals surface area contributed by atoms with Crippen molar-refractivity contribution in [3.05, 3.63) is 60.4 Å². The summed E-state index contributed by atoms with van der Waals surface area (Å²) in [5.41, 5.74) is 1.82. The van der Waals surface area contributed by atoms with Gasteiger partial charge in [0.15, 0.2) is 0 Å². The summed E-state index contributed by atoms with van der Waals surface area (Å²) < 4.78 is 13.1. The monoisotopic (exact) mass is 382 g/mol. The van der Waals surface area contributed by atoms with Crippen molar-refractivity contribution in [2.45, 2.75) is 12.5 Å². The van der Waals surface area contributed by atoms with Gasteiger partial charge in [-0.05, 0) is 36.4 Å². The smallest absolute Gasteiger partial charge is 0.317 e. The van der Waals surface area contributed by atoms with Crippen molar-refractivity contribution in [3.63, 3.8) is 0 Å². The maximum atomic E-state index is 13.1. The first kappa shape index (κ1) is 18.3. The van der Waals surface area contributed by atoms with Gasteiger partial charge in [0.2, 0.25) is 5.91 Å². The van der Waals surface area contributed by atoms with Crippen molar-refractivity contribution >= 4 is 23.3 Å². The maximum Gasteiger partial charge on any atom is 0.317 e. The normalized spacial score (nSPS) is 19.8. The zero-order chi connectivity index (χ0) is 19.5. The molecule has 0 radical (unpaired) electrons. The first-order valence-corrected chi connectivity index (χ1v) is 9.51. The number of hydrogen-bond acceptors (Lipinski definition) is 3. The summed E-state index contributed by atoms with van der Waals surface area (Å²) >= 11 is 0. The van der Waals surface area contributed by atoms with Crippen molar-refractivity contribution in [1.29, 1.82) is 0 Å². The molecule has 2 heterocycles. The van der Waals surface area contributed by atoms with Crippen LogP contribution in [0, 0.1) is 5.82 Å². The van der Waals surface area contributed by atoms with E-state index < -0.39 is 0 Å². The molecule has 4 rings (SSSR count). The lowest BCUT2D eigenvalue weighted by molar-refractivity contribution is -0.117. The molecule has 2 aliphatic heterocycles. The molecule has 0 saturated carbocycles. The van der Waals surface area contributed by atoms with Gasteiger partial charge in [0.05, 0.1) is 6.04 Å². The second-order valence-corrected chi connectivity index (χ2v) is 7.14. The van der Waals surface area contributed by atoms with Crippen molar-refractivity contribution in [3.8, 4) is 0 Å². The summed E-state index contributed by atoms with van der Waals surface area (Å²) in [5.74, 6) is -0.402. The summed E-state index contributed by atoms with van der Waals surface area (Å²) in [4.78, 5) is 30.6. The largest absolute Gasteiger partial charge is 0.368 e. The number of carbonyl (C=O) groups excluding carboxylic acids is 2. The van der Waals surface area contributed by atoms with Crippen LogP contribution in [-0.4, -0.2) is 55.6 Å². The second-order valence-electron chi connectivity index (χ2n) is 7.14. The molecule has 6 nitrogen and oxygen atoms in total. The van der Waals surface area contributed by atoms with Crippen LogP contribution in [0.25, 0.3) is 0 Å². The van der Waals surface area contributed by atoms with Crippen LogP contribution in [-0.2, 0) is 4.79 Å². The first-order valence-electron chi connectivity index (χ1n) is 9.51. The molecule has 146 valence electrons. The third-order valence-corrected chi connectivity index (χ3v) is 5.28. The zero-order valence-electron chi connectivity index (χ0n) is 15.6. The van der Waals surface area contributed by atoms with E-state index in [2.05, 4.69) is 22.3 Å². The van der Waals surface area contributed by atoms with Gasteiger partial charge in [0, 0.05) is 50.5 Å². The minimum absolute atomic E-state index is 0.0641. The average molecular weight is 382 g/mol. The van der Waals surface area contributed by atoms with E-state index in [1.54, 1.807) is 21.9 Å². The van der Waals surface area contributed by atoms with Gasteiger partial charge in [-0.1, -0.05) is 18.2 Å². The first-order chi connectivity index (χ1) is 13.6. The molecule has 1 atom stereocenters. The highest BCUT2D eigenvalue weighted by Crippen LogP contribution is 2.22. The number of piperazine rings is 1. The molecule has 2 aromatic rings. The Morgan fingerprint density at radius 2 is 1.61 bits per heavy atom. The molecule has 0 unspecified atom stereocenters. The van der Waals surface area contributed by atoms with E-state index in [-0.39, 0.29) is 30.2 Å². The van der Waals surface area contributed by atoms with Crippen molar-refractivity contribution in [2.75, 3.05) is 42.5 Å².